The molecule has 0 bridgehead atoms. The van der Waals surface area contributed by atoms with Crippen LogP contribution < -0.4 is 4.74 Å². The summed E-state index contributed by atoms with van der Waals surface area (Å²) in [5.74, 6) is -0.553. The summed E-state index contributed by atoms with van der Waals surface area (Å²) in [6.07, 6.45) is 1.49. The first-order valence-electron chi connectivity index (χ1n) is 11.1. The Morgan fingerprint density at radius 1 is 1.09 bits per heavy atom. The van der Waals surface area contributed by atoms with E-state index in [2.05, 4.69) is 6.07 Å². The maximum Gasteiger partial charge on any atom is 0.295 e. The van der Waals surface area contributed by atoms with Crippen molar-refractivity contribution in [2.24, 2.45) is 0 Å². The molecule has 0 saturated carbocycles. The lowest BCUT2D eigenvalue weighted by atomic mass is 9.99. The van der Waals surface area contributed by atoms with Gasteiger partial charge in [0.25, 0.3) is 11.7 Å². The highest BCUT2D eigenvalue weighted by Gasteiger charge is 2.47. The lowest BCUT2D eigenvalue weighted by molar-refractivity contribution is -0.140. The van der Waals surface area contributed by atoms with E-state index >= 15 is 0 Å². The van der Waals surface area contributed by atoms with Crippen molar-refractivity contribution in [1.29, 1.82) is 0 Å². The minimum Gasteiger partial charge on any atom is -0.507 e. The second-order valence-electron chi connectivity index (χ2n) is 8.61. The summed E-state index contributed by atoms with van der Waals surface area (Å²) in [5.41, 5.74) is 2.66. The standard InChI is InChI=1S/C27H28N2O5/c1-18-6-4-7-19(16-18)17-34-21-11-9-20(10-12-21)25(30)23-24(22-8-5-15-33-22)29(14-13-28(2)3)27(32)26(23)31/h4-12,15-16,24,30H,13-14,17H2,1-3H3/t24-/m1/s1. The monoisotopic (exact) mass is 460 g/mol. The van der Waals surface area contributed by atoms with Crippen LogP contribution in [0.2, 0.25) is 0 Å². The molecule has 0 unspecified atom stereocenters. The van der Waals surface area contributed by atoms with Gasteiger partial charge >= 0.3 is 0 Å². The van der Waals surface area contributed by atoms with Crippen LogP contribution in [-0.2, 0) is 16.2 Å². The number of rotatable bonds is 8. The lowest BCUT2D eigenvalue weighted by Crippen LogP contribution is -2.35. The van der Waals surface area contributed by atoms with Crippen LogP contribution in [0.1, 0.15) is 28.5 Å². The third kappa shape index (κ3) is 4.89. The molecule has 1 atom stereocenters. The van der Waals surface area contributed by atoms with Gasteiger partial charge in [0.05, 0.1) is 11.8 Å². The number of aryl methyl sites for hydroxylation is 1. The number of ether oxygens (including phenoxy) is 1. The largest absolute Gasteiger partial charge is 0.507 e. The van der Waals surface area contributed by atoms with E-state index in [0.717, 1.165) is 11.1 Å². The van der Waals surface area contributed by atoms with Gasteiger partial charge < -0.3 is 24.1 Å². The fourth-order valence-electron chi connectivity index (χ4n) is 3.99. The molecule has 176 valence electrons. The van der Waals surface area contributed by atoms with Crippen molar-refractivity contribution in [3.8, 4) is 5.75 Å². The van der Waals surface area contributed by atoms with Gasteiger partial charge in [0.1, 0.15) is 29.9 Å². The predicted octanol–water partition coefficient (Wildman–Crippen LogP) is 4.15. The third-order valence-electron chi connectivity index (χ3n) is 5.76. The Bertz CT molecular complexity index is 1200. The molecule has 34 heavy (non-hydrogen) atoms. The first kappa shape index (κ1) is 23.3. The first-order chi connectivity index (χ1) is 16.3. The number of ketones is 1. The highest BCUT2D eigenvalue weighted by molar-refractivity contribution is 6.46. The fourth-order valence-corrected chi connectivity index (χ4v) is 3.99. The molecule has 1 fully saturated rings. The third-order valence-corrected chi connectivity index (χ3v) is 5.76. The second-order valence-corrected chi connectivity index (χ2v) is 8.61. The molecule has 1 aromatic heterocycles. The summed E-state index contributed by atoms with van der Waals surface area (Å²) >= 11 is 0. The molecular formula is C27H28N2O5. The zero-order valence-electron chi connectivity index (χ0n) is 19.5. The number of hydrogen-bond donors (Lipinski definition) is 1. The molecule has 3 aromatic rings. The van der Waals surface area contributed by atoms with Crippen LogP contribution in [0.4, 0.5) is 0 Å². The van der Waals surface area contributed by atoms with Crippen molar-refractivity contribution in [2.45, 2.75) is 19.6 Å². The van der Waals surface area contributed by atoms with Crippen LogP contribution in [0.15, 0.2) is 76.9 Å². The Balaban J connectivity index is 1.60. The molecule has 2 aromatic carbocycles. The van der Waals surface area contributed by atoms with E-state index in [1.807, 2.05) is 44.1 Å². The highest BCUT2D eigenvalue weighted by Crippen LogP contribution is 2.39. The Morgan fingerprint density at radius 2 is 1.85 bits per heavy atom. The van der Waals surface area contributed by atoms with Crippen LogP contribution in [0.3, 0.4) is 0 Å². The van der Waals surface area contributed by atoms with E-state index in [9.17, 15) is 14.7 Å². The molecule has 2 heterocycles. The van der Waals surface area contributed by atoms with Crippen LogP contribution in [0.5, 0.6) is 5.75 Å². The van der Waals surface area contributed by atoms with Crippen LogP contribution >= 0.6 is 0 Å². The van der Waals surface area contributed by atoms with E-state index in [-0.39, 0.29) is 11.3 Å². The van der Waals surface area contributed by atoms with Gasteiger partial charge in [0.2, 0.25) is 0 Å². The number of aliphatic hydroxyl groups excluding tert-OH is 1. The van der Waals surface area contributed by atoms with Gasteiger partial charge in [-0.2, -0.15) is 0 Å². The quantitative estimate of drug-likeness (QED) is 0.309. The predicted molar refractivity (Wildman–Crippen MR) is 128 cm³/mol. The molecule has 0 aliphatic carbocycles. The summed E-state index contributed by atoms with van der Waals surface area (Å²) in [6, 6.07) is 17.5. The summed E-state index contributed by atoms with van der Waals surface area (Å²) in [4.78, 5) is 29.1. The van der Waals surface area contributed by atoms with Crippen molar-refractivity contribution in [2.75, 3.05) is 27.2 Å². The van der Waals surface area contributed by atoms with Crippen molar-refractivity contribution in [1.82, 2.24) is 9.80 Å². The van der Waals surface area contributed by atoms with Gasteiger partial charge in [-0.05, 0) is 63.0 Å². The van der Waals surface area contributed by atoms with Crippen molar-refractivity contribution >= 4 is 17.4 Å². The van der Waals surface area contributed by atoms with E-state index < -0.39 is 17.7 Å². The number of nitrogens with zero attached hydrogens (tertiary/aromatic N) is 2. The van der Waals surface area contributed by atoms with Crippen LogP contribution in [-0.4, -0.2) is 53.8 Å². The van der Waals surface area contributed by atoms with Gasteiger partial charge in [-0.1, -0.05) is 29.8 Å². The molecule has 4 rings (SSSR count). The molecule has 1 amide bonds. The number of aliphatic hydroxyl groups is 1. The number of carbonyl (C=O) groups is 2. The maximum atomic E-state index is 12.9. The second kappa shape index (κ2) is 9.97. The molecule has 7 nitrogen and oxygen atoms in total. The molecular weight excluding hydrogens is 432 g/mol. The zero-order valence-corrected chi connectivity index (χ0v) is 19.5. The average molecular weight is 461 g/mol. The summed E-state index contributed by atoms with van der Waals surface area (Å²) in [7, 11) is 3.78. The fraction of sp³-hybridized carbons (Fsp3) is 0.259. The maximum absolute atomic E-state index is 12.9. The van der Waals surface area contributed by atoms with E-state index in [0.29, 0.717) is 36.8 Å². The van der Waals surface area contributed by atoms with Crippen molar-refractivity contribution in [3.63, 3.8) is 0 Å². The Hall–Kier alpha value is -3.84. The number of amides is 1. The summed E-state index contributed by atoms with van der Waals surface area (Å²) in [5, 5.41) is 11.1. The smallest absolute Gasteiger partial charge is 0.295 e. The first-order valence-corrected chi connectivity index (χ1v) is 11.1. The van der Waals surface area contributed by atoms with Gasteiger partial charge in [-0.25, -0.2) is 0 Å². The minimum atomic E-state index is -0.785. The van der Waals surface area contributed by atoms with Crippen molar-refractivity contribution in [3.05, 3.63) is 95.0 Å². The van der Waals surface area contributed by atoms with Gasteiger partial charge in [0, 0.05) is 18.7 Å². The SMILES string of the molecule is Cc1cccc(COc2ccc(C(O)=C3C(=O)C(=O)N(CCN(C)C)[C@@H]3c3ccco3)cc2)c1. The Labute approximate surface area is 198 Å². The van der Waals surface area contributed by atoms with Gasteiger partial charge in [-0.3, -0.25) is 9.59 Å². The molecule has 1 N–H and O–H groups in total. The highest BCUT2D eigenvalue weighted by atomic mass is 16.5. The number of Topliss-reactive ketones (excluding diaryl/α,β-unsaturated/α-hetero) is 1. The Kier molecular flexibility index (Phi) is 6.84. The minimum absolute atomic E-state index is 0.0205. The lowest BCUT2D eigenvalue weighted by Gasteiger charge is -2.24. The van der Waals surface area contributed by atoms with Crippen molar-refractivity contribution < 1.29 is 23.8 Å². The molecule has 0 spiro atoms. The molecule has 1 saturated heterocycles. The number of carbonyl (C=O) groups excluding carboxylic acids is 2. The topological polar surface area (TPSA) is 83.2 Å². The van der Waals surface area contributed by atoms with E-state index in [4.69, 9.17) is 9.15 Å². The normalized spacial score (nSPS) is 17.5. The number of benzene rings is 2. The van der Waals surface area contributed by atoms with E-state index in [1.54, 1.807) is 36.4 Å². The summed E-state index contributed by atoms with van der Waals surface area (Å²) < 4.78 is 11.4. The molecule has 1 aliphatic heterocycles. The zero-order chi connectivity index (χ0) is 24.2. The van der Waals surface area contributed by atoms with Crippen LogP contribution in [0.25, 0.3) is 5.76 Å². The molecule has 7 heteroatoms. The number of furan rings is 1. The summed E-state index contributed by atoms with van der Waals surface area (Å²) in [6.45, 7) is 3.34. The number of likely N-dealkylation sites (tertiary alicyclic amines) is 1. The molecule has 1 aliphatic rings. The van der Waals surface area contributed by atoms with Crippen LogP contribution in [0, 0.1) is 6.92 Å². The number of hydrogen-bond acceptors (Lipinski definition) is 6. The Morgan fingerprint density at radius 3 is 2.50 bits per heavy atom. The van der Waals surface area contributed by atoms with Gasteiger partial charge in [0.15, 0.2) is 0 Å². The number of likely N-dealkylation sites (N-methyl/N-ethyl adjacent to an activating group) is 1. The molecule has 0 radical (unpaired) electrons. The van der Waals surface area contributed by atoms with Gasteiger partial charge in [-0.15, -0.1) is 0 Å². The average Bonchev–Trinajstić information content (AvgIpc) is 3.43. The van der Waals surface area contributed by atoms with E-state index in [1.165, 1.54) is 11.2 Å².